The molecular formula is C17H19N3O. The van der Waals surface area contributed by atoms with E-state index in [9.17, 15) is 5.11 Å². The van der Waals surface area contributed by atoms with Gasteiger partial charge in [-0.25, -0.2) is 4.98 Å². The van der Waals surface area contributed by atoms with Crippen molar-refractivity contribution in [3.05, 3.63) is 47.5 Å². The minimum absolute atomic E-state index is 0.0771. The minimum atomic E-state index is 0.0771. The van der Waals surface area contributed by atoms with E-state index in [1.54, 1.807) is 0 Å². The number of aliphatic hydroxyl groups is 1. The van der Waals surface area contributed by atoms with Crippen molar-refractivity contribution < 1.29 is 5.11 Å². The Labute approximate surface area is 123 Å². The molecule has 1 heterocycles. The molecule has 0 saturated heterocycles. The smallest absolute Gasteiger partial charge is 0.141 e. The van der Waals surface area contributed by atoms with Crippen LogP contribution in [-0.4, -0.2) is 21.3 Å². The van der Waals surface area contributed by atoms with Gasteiger partial charge in [0.15, 0.2) is 0 Å². The average molecular weight is 281 g/mol. The summed E-state index contributed by atoms with van der Waals surface area (Å²) < 4.78 is 2.05. The second-order valence-electron chi connectivity index (χ2n) is 5.31. The number of para-hydroxylation sites is 2. The van der Waals surface area contributed by atoms with E-state index in [1.807, 2.05) is 43.3 Å². The zero-order chi connectivity index (χ0) is 15.0. The first-order valence-electron chi connectivity index (χ1n) is 7.05. The zero-order valence-corrected chi connectivity index (χ0v) is 12.3. The van der Waals surface area contributed by atoms with Gasteiger partial charge in [0.1, 0.15) is 5.82 Å². The second kappa shape index (κ2) is 5.22. The number of hydrogen-bond donors (Lipinski definition) is 2. The van der Waals surface area contributed by atoms with Gasteiger partial charge >= 0.3 is 0 Å². The molecule has 0 saturated carbocycles. The molecule has 0 amide bonds. The summed E-state index contributed by atoms with van der Waals surface area (Å²) in [5.74, 6) is 0.859. The van der Waals surface area contributed by atoms with Crippen molar-refractivity contribution >= 4 is 16.7 Å². The molecule has 0 fully saturated rings. The summed E-state index contributed by atoms with van der Waals surface area (Å²) in [6.45, 7) is 4.72. The number of fused-ring (bicyclic) bond motifs is 1. The van der Waals surface area contributed by atoms with Crippen LogP contribution < -0.4 is 5.73 Å². The Morgan fingerprint density at radius 1 is 1.19 bits per heavy atom. The van der Waals surface area contributed by atoms with Gasteiger partial charge in [-0.05, 0) is 49.2 Å². The molecule has 0 spiro atoms. The molecule has 1 aromatic heterocycles. The molecule has 0 aliphatic rings. The van der Waals surface area contributed by atoms with Crippen LogP contribution in [0, 0.1) is 13.8 Å². The first-order chi connectivity index (χ1) is 10.1. The zero-order valence-electron chi connectivity index (χ0n) is 12.3. The van der Waals surface area contributed by atoms with Crippen molar-refractivity contribution in [2.75, 3.05) is 12.3 Å². The summed E-state index contributed by atoms with van der Waals surface area (Å²) in [4.78, 5) is 4.74. The summed E-state index contributed by atoms with van der Waals surface area (Å²) in [6, 6.07) is 11.9. The van der Waals surface area contributed by atoms with Crippen LogP contribution in [0.3, 0.4) is 0 Å². The first kappa shape index (κ1) is 13.6. The van der Waals surface area contributed by atoms with E-state index < -0.39 is 0 Å². The van der Waals surface area contributed by atoms with E-state index >= 15 is 0 Å². The molecule has 0 aliphatic heterocycles. The molecule has 3 rings (SSSR count). The molecule has 108 valence electrons. The van der Waals surface area contributed by atoms with Crippen LogP contribution in [0.1, 0.15) is 11.1 Å². The highest BCUT2D eigenvalue weighted by Crippen LogP contribution is 2.30. The van der Waals surface area contributed by atoms with E-state index in [0.29, 0.717) is 6.54 Å². The van der Waals surface area contributed by atoms with Crippen molar-refractivity contribution in [1.29, 1.82) is 0 Å². The number of aromatic nitrogens is 2. The van der Waals surface area contributed by atoms with Crippen LogP contribution in [0.2, 0.25) is 0 Å². The van der Waals surface area contributed by atoms with Gasteiger partial charge in [0.2, 0.25) is 0 Å². The summed E-state index contributed by atoms with van der Waals surface area (Å²) in [7, 11) is 0. The molecule has 3 aromatic rings. The van der Waals surface area contributed by atoms with Gasteiger partial charge in [-0.1, -0.05) is 12.1 Å². The predicted molar refractivity (Wildman–Crippen MR) is 86.1 cm³/mol. The van der Waals surface area contributed by atoms with Crippen molar-refractivity contribution in [3.8, 4) is 11.4 Å². The number of benzene rings is 2. The fraction of sp³-hybridized carbons (Fsp3) is 0.235. The number of aliphatic hydroxyl groups excluding tert-OH is 1. The van der Waals surface area contributed by atoms with Crippen LogP contribution in [0.4, 0.5) is 5.69 Å². The monoisotopic (exact) mass is 281 g/mol. The molecule has 21 heavy (non-hydrogen) atoms. The number of nitrogens with zero attached hydrogens (tertiary/aromatic N) is 2. The van der Waals surface area contributed by atoms with Crippen molar-refractivity contribution in [2.24, 2.45) is 0 Å². The number of rotatable bonds is 3. The van der Waals surface area contributed by atoms with Gasteiger partial charge in [0.25, 0.3) is 0 Å². The van der Waals surface area contributed by atoms with Gasteiger partial charge in [-0.15, -0.1) is 0 Å². The number of anilines is 1. The third-order valence-corrected chi connectivity index (χ3v) is 3.91. The molecule has 3 N–H and O–H groups in total. The molecule has 0 bridgehead atoms. The SMILES string of the molecule is Cc1cc(N)cc(-c2nc3ccccc3n2CCO)c1C. The van der Waals surface area contributed by atoms with Crippen molar-refractivity contribution in [3.63, 3.8) is 0 Å². The summed E-state index contributed by atoms with van der Waals surface area (Å²) in [5.41, 5.74) is 12.0. The molecule has 0 atom stereocenters. The molecule has 4 heteroatoms. The average Bonchev–Trinajstić information content (AvgIpc) is 2.82. The summed E-state index contributed by atoms with van der Waals surface area (Å²) >= 11 is 0. The van der Waals surface area contributed by atoms with Crippen LogP contribution in [0.25, 0.3) is 22.4 Å². The molecular weight excluding hydrogens is 262 g/mol. The normalized spacial score (nSPS) is 11.2. The van der Waals surface area contributed by atoms with E-state index in [2.05, 4.69) is 11.5 Å². The molecule has 0 unspecified atom stereocenters. The van der Waals surface area contributed by atoms with E-state index in [-0.39, 0.29) is 6.61 Å². The van der Waals surface area contributed by atoms with E-state index in [0.717, 1.165) is 33.7 Å². The number of nitrogen functional groups attached to an aromatic ring is 1. The highest BCUT2D eigenvalue weighted by atomic mass is 16.3. The van der Waals surface area contributed by atoms with Gasteiger partial charge in [0, 0.05) is 17.8 Å². The van der Waals surface area contributed by atoms with Gasteiger partial charge in [0.05, 0.1) is 17.6 Å². The van der Waals surface area contributed by atoms with Crippen molar-refractivity contribution in [1.82, 2.24) is 9.55 Å². The second-order valence-corrected chi connectivity index (χ2v) is 5.31. The highest BCUT2D eigenvalue weighted by Gasteiger charge is 2.15. The number of hydrogen-bond acceptors (Lipinski definition) is 3. The fourth-order valence-electron chi connectivity index (χ4n) is 2.73. The molecule has 0 aliphatic carbocycles. The number of imidazole rings is 1. The van der Waals surface area contributed by atoms with Crippen LogP contribution in [0.5, 0.6) is 0 Å². The quantitative estimate of drug-likeness (QED) is 0.726. The van der Waals surface area contributed by atoms with Crippen LogP contribution in [0.15, 0.2) is 36.4 Å². The Kier molecular flexibility index (Phi) is 3.39. The summed E-state index contributed by atoms with van der Waals surface area (Å²) in [5, 5.41) is 9.37. The van der Waals surface area contributed by atoms with Crippen molar-refractivity contribution in [2.45, 2.75) is 20.4 Å². The third-order valence-electron chi connectivity index (χ3n) is 3.91. The Morgan fingerprint density at radius 3 is 2.71 bits per heavy atom. The standard InChI is InChI=1S/C17H19N3O/c1-11-9-13(18)10-14(12(11)2)17-19-15-5-3-4-6-16(15)20(17)7-8-21/h3-6,9-10,21H,7-8,18H2,1-2H3. The Morgan fingerprint density at radius 2 is 1.95 bits per heavy atom. The summed E-state index contributed by atoms with van der Waals surface area (Å²) in [6.07, 6.45) is 0. The Hall–Kier alpha value is -2.33. The fourth-order valence-corrected chi connectivity index (χ4v) is 2.73. The Bertz CT molecular complexity index is 805. The lowest BCUT2D eigenvalue weighted by Crippen LogP contribution is -2.05. The van der Waals surface area contributed by atoms with E-state index in [1.165, 1.54) is 5.56 Å². The van der Waals surface area contributed by atoms with Gasteiger partial charge in [-0.2, -0.15) is 0 Å². The molecule has 4 nitrogen and oxygen atoms in total. The Balaban J connectivity index is 2.32. The minimum Gasteiger partial charge on any atom is -0.399 e. The molecule has 0 radical (unpaired) electrons. The largest absolute Gasteiger partial charge is 0.399 e. The maximum atomic E-state index is 9.37. The topological polar surface area (TPSA) is 64.1 Å². The van der Waals surface area contributed by atoms with E-state index in [4.69, 9.17) is 10.7 Å². The lowest BCUT2D eigenvalue weighted by molar-refractivity contribution is 0.278. The maximum absolute atomic E-state index is 9.37. The predicted octanol–water partition coefficient (Wildman–Crippen LogP) is 2.89. The number of nitrogens with two attached hydrogens (primary N) is 1. The third kappa shape index (κ3) is 2.28. The van der Waals surface area contributed by atoms with Gasteiger partial charge in [-0.3, -0.25) is 0 Å². The maximum Gasteiger partial charge on any atom is 0.141 e. The van der Waals surface area contributed by atoms with Crippen LogP contribution >= 0.6 is 0 Å². The number of aryl methyl sites for hydroxylation is 1. The lowest BCUT2D eigenvalue weighted by Gasteiger charge is -2.12. The first-order valence-corrected chi connectivity index (χ1v) is 7.05. The van der Waals surface area contributed by atoms with Crippen LogP contribution in [-0.2, 0) is 6.54 Å². The molecule has 2 aromatic carbocycles. The lowest BCUT2D eigenvalue weighted by atomic mass is 10.0. The highest BCUT2D eigenvalue weighted by molar-refractivity contribution is 5.82. The van der Waals surface area contributed by atoms with Gasteiger partial charge < -0.3 is 15.4 Å².